The molecule has 1 unspecified atom stereocenters. The van der Waals surface area contributed by atoms with E-state index < -0.39 is 15.6 Å². The van der Waals surface area contributed by atoms with Gasteiger partial charge in [0.1, 0.15) is 0 Å². The predicted molar refractivity (Wildman–Crippen MR) is 104 cm³/mol. The predicted octanol–water partition coefficient (Wildman–Crippen LogP) is 2.27. The third-order valence-electron chi connectivity index (χ3n) is 5.50. The number of piperidine rings is 1. The fourth-order valence-electron chi connectivity index (χ4n) is 3.02. The Bertz CT molecular complexity index is 755. The Hall–Kier alpha value is -1.44. The summed E-state index contributed by atoms with van der Waals surface area (Å²) in [6.45, 7) is 9.09. The first kappa shape index (κ1) is 20.9. The lowest BCUT2D eigenvalue weighted by Gasteiger charge is -2.33. The van der Waals surface area contributed by atoms with Crippen LogP contribution in [0.3, 0.4) is 0 Å². The van der Waals surface area contributed by atoms with E-state index in [1.165, 1.54) is 10.4 Å². The molecule has 0 saturated carbocycles. The second-order valence-electron chi connectivity index (χ2n) is 7.67. The molecule has 7 heteroatoms. The van der Waals surface area contributed by atoms with E-state index >= 15 is 0 Å². The minimum Gasteiger partial charge on any atom is -0.345 e. The van der Waals surface area contributed by atoms with Crippen LogP contribution in [0.25, 0.3) is 0 Å². The monoisotopic (exact) mass is 381 g/mol. The number of amides is 1. The van der Waals surface area contributed by atoms with Crippen molar-refractivity contribution in [1.82, 2.24) is 9.62 Å². The zero-order chi connectivity index (χ0) is 19.5. The van der Waals surface area contributed by atoms with Crippen molar-refractivity contribution in [3.63, 3.8) is 0 Å². The molecule has 26 heavy (non-hydrogen) atoms. The summed E-state index contributed by atoms with van der Waals surface area (Å²) in [5, 5.41) is 2.99. The van der Waals surface area contributed by atoms with Gasteiger partial charge in [-0.15, -0.1) is 0 Å². The van der Waals surface area contributed by atoms with Crippen LogP contribution in [-0.2, 0) is 10.0 Å². The molecule has 1 amide bonds. The van der Waals surface area contributed by atoms with Crippen LogP contribution in [0, 0.1) is 12.8 Å². The molecular formula is C19H31N3O3S. The highest BCUT2D eigenvalue weighted by Gasteiger charge is 2.31. The van der Waals surface area contributed by atoms with Crippen molar-refractivity contribution in [2.24, 2.45) is 11.7 Å². The molecule has 0 aliphatic carbocycles. The van der Waals surface area contributed by atoms with Crippen molar-refractivity contribution in [2.45, 2.75) is 57.4 Å². The lowest BCUT2D eigenvalue weighted by molar-refractivity contribution is 0.0882. The van der Waals surface area contributed by atoms with Gasteiger partial charge in [0.05, 0.1) is 10.4 Å². The first-order chi connectivity index (χ1) is 12.1. The molecule has 1 saturated heterocycles. The van der Waals surface area contributed by atoms with E-state index in [1.54, 1.807) is 19.1 Å². The van der Waals surface area contributed by atoms with Crippen molar-refractivity contribution in [2.75, 3.05) is 19.6 Å². The number of carbonyl (C=O) groups is 1. The minimum atomic E-state index is -3.57. The fourth-order valence-corrected chi connectivity index (χ4v) is 4.56. The molecule has 0 bridgehead atoms. The van der Waals surface area contributed by atoms with Crippen LogP contribution in [0.2, 0.25) is 0 Å². The minimum absolute atomic E-state index is 0.150. The van der Waals surface area contributed by atoms with Crippen LogP contribution in [0.1, 0.15) is 56.0 Å². The average molecular weight is 382 g/mol. The van der Waals surface area contributed by atoms with Gasteiger partial charge in [-0.3, -0.25) is 4.79 Å². The SMILES string of the molecule is Cc1ccc(S(=O)(=O)N2CCCCC2)cc1C(=O)NC(C)(CN)C(C)C. The number of sulfonamides is 1. The summed E-state index contributed by atoms with van der Waals surface area (Å²) in [6.07, 6.45) is 2.81. The first-order valence-corrected chi connectivity index (χ1v) is 10.7. The molecule has 2 rings (SSSR count). The molecule has 6 nitrogen and oxygen atoms in total. The van der Waals surface area contributed by atoms with E-state index in [-0.39, 0.29) is 16.7 Å². The highest BCUT2D eigenvalue weighted by molar-refractivity contribution is 7.89. The van der Waals surface area contributed by atoms with Crippen molar-refractivity contribution in [3.05, 3.63) is 29.3 Å². The molecule has 1 aliphatic heterocycles. The van der Waals surface area contributed by atoms with Gasteiger partial charge in [0.2, 0.25) is 10.0 Å². The molecule has 0 radical (unpaired) electrons. The lowest BCUT2D eigenvalue weighted by Crippen LogP contribution is -2.55. The number of nitrogens with two attached hydrogens (primary N) is 1. The number of rotatable bonds is 6. The Kier molecular flexibility index (Phi) is 6.47. The van der Waals surface area contributed by atoms with Gasteiger partial charge < -0.3 is 11.1 Å². The molecule has 0 aromatic heterocycles. The van der Waals surface area contributed by atoms with Gasteiger partial charge in [0.15, 0.2) is 0 Å². The van der Waals surface area contributed by atoms with Gasteiger partial charge >= 0.3 is 0 Å². The van der Waals surface area contributed by atoms with Crippen LogP contribution in [-0.4, -0.2) is 43.8 Å². The molecule has 1 heterocycles. The second kappa shape index (κ2) is 8.06. The third kappa shape index (κ3) is 4.27. The van der Waals surface area contributed by atoms with Crippen LogP contribution in [0.4, 0.5) is 0 Å². The van der Waals surface area contributed by atoms with Crippen molar-refractivity contribution in [1.29, 1.82) is 0 Å². The molecule has 3 N–H and O–H groups in total. The van der Waals surface area contributed by atoms with E-state index in [9.17, 15) is 13.2 Å². The number of aryl methyl sites for hydroxylation is 1. The zero-order valence-electron chi connectivity index (χ0n) is 16.2. The molecule has 1 fully saturated rings. The number of benzene rings is 1. The Labute approximate surface area is 157 Å². The van der Waals surface area contributed by atoms with E-state index in [1.807, 2.05) is 20.8 Å². The third-order valence-corrected chi connectivity index (χ3v) is 7.40. The smallest absolute Gasteiger partial charge is 0.252 e. The molecule has 1 atom stereocenters. The van der Waals surface area contributed by atoms with E-state index in [4.69, 9.17) is 5.73 Å². The van der Waals surface area contributed by atoms with Gasteiger partial charge in [0, 0.05) is 25.2 Å². The van der Waals surface area contributed by atoms with Gasteiger partial charge in [-0.1, -0.05) is 26.3 Å². The molecule has 146 valence electrons. The maximum absolute atomic E-state index is 12.9. The lowest BCUT2D eigenvalue weighted by atomic mass is 9.88. The maximum Gasteiger partial charge on any atom is 0.252 e. The summed E-state index contributed by atoms with van der Waals surface area (Å²) >= 11 is 0. The standard InChI is InChI=1S/C19H31N3O3S/c1-14(2)19(4,13-20)21-18(23)17-12-16(9-8-15(17)3)26(24,25)22-10-6-5-7-11-22/h8-9,12,14H,5-7,10-11,13,20H2,1-4H3,(H,21,23). The van der Waals surface area contributed by atoms with E-state index in [0.29, 0.717) is 25.2 Å². The number of hydrogen-bond donors (Lipinski definition) is 2. The Balaban J connectivity index is 2.33. The summed E-state index contributed by atoms with van der Waals surface area (Å²) in [5.41, 5.74) is 6.42. The van der Waals surface area contributed by atoms with Crippen LogP contribution in [0.15, 0.2) is 23.1 Å². The van der Waals surface area contributed by atoms with Gasteiger partial charge in [0.25, 0.3) is 5.91 Å². The fraction of sp³-hybridized carbons (Fsp3) is 0.632. The van der Waals surface area contributed by atoms with Gasteiger partial charge in [-0.2, -0.15) is 4.31 Å². The van der Waals surface area contributed by atoms with E-state index in [0.717, 1.165) is 24.8 Å². The highest BCUT2D eigenvalue weighted by Crippen LogP contribution is 2.24. The largest absolute Gasteiger partial charge is 0.345 e. The Morgan fingerprint density at radius 3 is 2.42 bits per heavy atom. The average Bonchev–Trinajstić information content (AvgIpc) is 2.62. The summed E-state index contributed by atoms with van der Waals surface area (Å²) in [6, 6.07) is 4.77. The molecule has 1 aromatic rings. The summed E-state index contributed by atoms with van der Waals surface area (Å²) in [5.74, 6) is -0.142. The number of carbonyl (C=O) groups excluding carboxylic acids is 1. The second-order valence-corrected chi connectivity index (χ2v) is 9.61. The number of nitrogens with zero attached hydrogens (tertiary/aromatic N) is 1. The van der Waals surface area contributed by atoms with Crippen LogP contribution < -0.4 is 11.1 Å². The Morgan fingerprint density at radius 2 is 1.88 bits per heavy atom. The zero-order valence-corrected chi connectivity index (χ0v) is 17.0. The quantitative estimate of drug-likeness (QED) is 0.791. The number of hydrogen-bond acceptors (Lipinski definition) is 4. The maximum atomic E-state index is 12.9. The highest BCUT2D eigenvalue weighted by atomic mass is 32.2. The molecular weight excluding hydrogens is 350 g/mol. The number of nitrogens with one attached hydrogen (secondary N) is 1. The van der Waals surface area contributed by atoms with Crippen molar-refractivity contribution >= 4 is 15.9 Å². The summed E-state index contributed by atoms with van der Waals surface area (Å²) < 4.78 is 27.3. The van der Waals surface area contributed by atoms with Crippen LogP contribution in [0.5, 0.6) is 0 Å². The van der Waals surface area contributed by atoms with E-state index in [2.05, 4.69) is 5.32 Å². The van der Waals surface area contributed by atoms with Crippen molar-refractivity contribution < 1.29 is 13.2 Å². The first-order valence-electron chi connectivity index (χ1n) is 9.25. The molecule has 0 spiro atoms. The van der Waals surface area contributed by atoms with Gasteiger partial charge in [-0.25, -0.2) is 8.42 Å². The van der Waals surface area contributed by atoms with Crippen molar-refractivity contribution in [3.8, 4) is 0 Å². The molecule has 1 aromatic carbocycles. The topological polar surface area (TPSA) is 92.5 Å². The molecule has 1 aliphatic rings. The summed E-state index contributed by atoms with van der Waals surface area (Å²) in [4.78, 5) is 13.0. The normalized spacial score (nSPS) is 18.5. The van der Waals surface area contributed by atoms with Gasteiger partial charge in [-0.05, 0) is 50.3 Å². The van der Waals surface area contributed by atoms with Crippen LogP contribution >= 0.6 is 0 Å². The Morgan fingerprint density at radius 1 is 1.27 bits per heavy atom. The summed E-state index contributed by atoms with van der Waals surface area (Å²) in [7, 11) is -3.57.